The van der Waals surface area contributed by atoms with Gasteiger partial charge in [-0.25, -0.2) is 0 Å². The summed E-state index contributed by atoms with van der Waals surface area (Å²) in [7, 11) is 0. The first-order valence-corrected chi connectivity index (χ1v) is 15.9. The highest BCUT2D eigenvalue weighted by atomic mass is 16.3. The summed E-state index contributed by atoms with van der Waals surface area (Å²) in [5, 5.41) is 6.67. The quantitative estimate of drug-likeness (QED) is 0.205. The molecule has 0 unspecified atom stereocenters. The van der Waals surface area contributed by atoms with Crippen molar-refractivity contribution in [2.75, 3.05) is 4.90 Å². The molecule has 218 valence electrons. The largest absolute Gasteiger partial charge is 0.456 e. The van der Waals surface area contributed by atoms with Gasteiger partial charge in [0.05, 0.1) is 16.5 Å². The number of hydrogen-bond donors (Lipinski definition) is 0. The molecule has 1 aliphatic rings. The number of nitrogens with zero attached hydrogens (tertiary/aromatic N) is 1. The lowest BCUT2D eigenvalue weighted by atomic mass is 9.82. The molecule has 10 rings (SSSR count). The maximum atomic E-state index is 6.73. The fraction of sp³-hybridized carbons (Fsp3) is 0.0698. The molecule has 0 atom stereocenters. The van der Waals surface area contributed by atoms with Crippen molar-refractivity contribution < 1.29 is 8.83 Å². The zero-order valence-electron chi connectivity index (χ0n) is 25.5. The average Bonchev–Trinajstić information content (AvgIpc) is 3.74. The van der Waals surface area contributed by atoms with Gasteiger partial charge in [-0.15, -0.1) is 0 Å². The molecule has 0 fully saturated rings. The van der Waals surface area contributed by atoms with E-state index in [1.54, 1.807) is 0 Å². The molecule has 2 aromatic heterocycles. The van der Waals surface area contributed by atoms with Gasteiger partial charge >= 0.3 is 0 Å². The number of rotatable bonds is 3. The van der Waals surface area contributed by atoms with E-state index in [-0.39, 0.29) is 5.41 Å². The third-order valence-electron chi connectivity index (χ3n) is 10.0. The van der Waals surface area contributed by atoms with Crippen LogP contribution in [-0.2, 0) is 5.41 Å². The number of hydrogen-bond acceptors (Lipinski definition) is 3. The van der Waals surface area contributed by atoms with Gasteiger partial charge in [0.2, 0.25) is 0 Å². The first kappa shape index (κ1) is 25.5. The molecule has 0 N–H and O–H groups in total. The van der Waals surface area contributed by atoms with Crippen LogP contribution >= 0.6 is 0 Å². The van der Waals surface area contributed by atoms with Crippen molar-refractivity contribution in [3.63, 3.8) is 0 Å². The normalized spacial score (nSPS) is 13.6. The monoisotopic (exact) mass is 591 g/mol. The maximum Gasteiger partial charge on any atom is 0.147 e. The number of anilines is 3. The SMILES string of the molecule is CC1(C)c2ccccc2-c2ccc(N(c3ccccc3)c3cccc4oc5ccc6c(oc7ccc8ccccc8c76)c5c34)cc21. The third-order valence-corrected chi connectivity index (χ3v) is 10.0. The van der Waals surface area contributed by atoms with Crippen LogP contribution in [0.4, 0.5) is 17.1 Å². The molecule has 0 amide bonds. The van der Waals surface area contributed by atoms with E-state index in [4.69, 9.17) is 8.83 Å². The first-order chi connectivity index (χ1) is 22.6. The summed E-state index contributed by atoms with van der Waals surface area (Å²) in [5.41, 5.74) is 11.9. The highest BCUT2D eigenvalue weighted by molar-refractivity contribution is 6.28. The molecule has 0 spiro atoms. The Labute approximate surface area is 265 Å². The molecule has 0 bridgehead atoms. The van der Waals surface area contributed by atoms with Crippen molar-refractivity contribution >= 4 is 71.7 Å². The van der Waals surface area contributed by atoms with E-state index in [0.717, 1.165) is 60.9 Å². The smallest absolute Gasteiger partial charge is 0.147 e. The molecule has 1 aliphatic carbocycles. The Morgan fingerprint density at radius 3 is 2.13 bits per heavy atom. The topological polar surface area (TPSA) is 29.5 Å². The van der Waals surface area contributed by atoms with Gasteiger partial charge in [0, 0.05) is 27.6 Å². The minimum atomic E-state index is -0.109. The summed E-state index contributed by atoms with van der Waals surface area (Å²) in [6.45, 7) is 4.67. The van der Waals surface area contributed by atoms with Crippen molar-refractivity contribution in [1.29, 1.82) is 0 Å². The van der Waals surface area contributed by atoms with Gasteiger partial charge in [-0.2, -0.15) is 0 Å². The second-order valence-corrected chi connectivity index (χ2v) is 12.9. The molecule has 2 heterocycles. The van der Waals surface area contributed by atoms with Crippen LogP contribution in [0.3, 0.4) is 0 Å². The number of benzene rings is 7. The number of para-hydroxylation sites is 1. The minimum absolute atomic E-state index is 0.109. The Morgan fingerprint density at radius 2 is 1.22 bits per heavy atom. The van der Waals surface area contributed by atoms with Gasteiger partial charge in [0.1, 0.15) is 22.3 Å². The Balaban J connectivity index is 1.28. The van der Waals surface area contributed by atoms with Crippen LogP contribution in [0.15, 0.2) is 148 Å². The Kier molecular flexibility index (Phi) is 5.06. The van der Waals surface area contributed by atoms with E-state index in [9.17, 15) is 0 Å². The highest BCUT2D eigenvalue weighted by Gasteiger charge is 2.36. The lowest BCUT2D eigenvalue weighted by molar-refractivity contribution is 0.660. The van der Waals surface area contributed by atoms with Gasteiger partial charge in [-0.05, 0) is 87.6 Å². The summed E-state index contributed by atoms with van der Waals surface area (Å²) in [4.78, 5) is 2.37. The highest BCUT2D eigenvalue weighted by Crippen LogP contribution is 2.52. The molecule has 0 aliphatic heterocycles. The molecule has 46 heavy (non-hydrogen) atoms. The molecule has 0 saturated heterocycles. The van der Waals surface area contributed by atoms with Gasteiger partial charge in [-0.3, -0.25) is 0 Å². The van der Waals surface area contributed by atoms with E-state index in [2.05, 4.69) is 158 Å². The van der Waals surface area contributed by atoms with Crippen LogP contribution in [0, 0.1) is 0 Å². The van der Waals surface area contributed by atoms with Crippen molar-refractivity contribution in [2.24, 2.45) is 0 Å². The lowest BCUT2D eigenvalue weighted by Gasteiger charge is -2.28. The van der Waals surface area contributed by atoms with Crippen LogP contribution in [0.25, 0.3) is 65.8 Å². The van der Waals surface area contributed by atoms with E-state index in [1.165, 1.54) is 33.0 Å². The molecular formula is C43H29NO2. The summed E-state index contributed by atoms with van der Waals surface area (Å²) < 4.78 is 13.3. The minimum Gasteiger partial charge on any atom is -0.456 e. The van der Waals surface area contributed by atoms with Crippen LogP contribution in [0.1, 0.15) is 25.0 Å². The second kappa shape index (κ2) is 9.12. The number of furan rings is 2. The van der Waals surface area contributed by atoms with Gasteiger partial charge in [0.15, 0.2) is 0 Å². The molecule has 0 saturated carbocycles. The van der Waals surface area contributed by atoms with Crippen molar-refractivity contribution in [3.05, 3.63) is 151 Å². The van der Waals surface area contributed by atoms with Gasteiger partial charge < -0.3 is 13.7 Å². The lowest BCUT2D eigenvalue weighted by Crippen LogP contribution is -2.16. The van der Waals surface area contributed by atoms with Crippen LogP contribution in [0.5, 0.6) is 0 Å². The van der Waals surface area contributed by atoms with Crippen molar-refractivity contribution in [1.82, 2.24) is 0 Å². The number of fused-ring (bicyclic) bond motifs is 12. The zero-order valence-corrected chi connectivity index (χ0v) is 25.5. The fourth-order valence-electron chi connectivity index (χ4n) is 7.91. The van der Waals surface area contributed by atoms with E-state index in [0.29, 0.717) is 0 Å². The van der Waals surface area contributed by atoms with Crippen molar-refractivity contribution in [2.45, 2.75) is 19.3 Å². The molecule has 3 heteroatoms. The standard InChI is InChI=1S/C43H29NO2/c1-43(2)33-16-9-8-15-30(33)31-21-20-28(25-34(31)43)44(27-12-4-3-5-13-27)35-17-10-18-36-40(35)41-38(45-36)24-22-32-39-29-14-7-6-11-26(29)19-23-37(39)46-42(32)41/h3-25H,1-2H3. The predicted octanol–water partition coefficient (Wildman–Crippen LogP) is 12.4. The Morgan fingerprint density at radius 1 is 0.478 bits per heavy atom. The van der Waals surface area contributed by atoms with Gasteiger partial charge in [0.25, 0.3) is 0 Å². The molecule has 7 aromatic carbocycles. The second-order valence-electron chi connectivity index (χ2n) is 12.9. The maximum absolute atomic E-state index is 6.73. The van der Waals surface area contributed by atoms with E-state index in [1.807, 2.05) is 0 Å². The fourth-order valence-corrected chi connectivity index (χ4v) is 7.91. The Bertz CT molecular complexity index is 2670. The van der Waals surface area contributed by atoms with E-state index >= 15 is 0 Å². The van der Waals surface area contributed by atoms with Crippen LogP contribution < -0.4 is 4.90 Å². The van der Waals surface area contributed by atoms with E-state index < -0.39 is 0 Å². The predicted molar refractivity (Wildman–Crippen MR) is 191 cm³/mol. The molecule has 3 nitrogen and oxygen atoms in total. The molecule has 0 radical (unpaired) electrons. The molecular weight excluding hydrogens is 562 g/mol. The summed E-state index contributed by atoms with van der Waals surface area (Å²) in [6.07, 6.45) is 0. The Hall–Kier alpha value is -5.80. The summed E-state index contributed by atoms with van der Waals surface area (Å²) >= 11 is 0. The van der Waals surface area contributed by atoms with Gasteiger partial charge in [-0.1, -0.05) is 98.8 Å². The third kappa shape index (κ3) is 3.37. The average molecular weight is 592 g/mol. The van der Waals surface area contributed by atoms with Crippen molar-refractivity contribution in [3.8, 4) is 11.1 Å². The molecule has 9 aromatic rings. The summed E-state index contributed by atoms with van der Waals surface area (Å²) in [6, 6.07) is 49.7. The van der Waals surface area contributed by atoms with Crippen LogP contribution in [-0.4, -0.2) is 0 Å². The summed E-state index contributed by atoms with van der Waals surface area (Å²) in [5.74, 6) is 0. The zero-order chi connectivity index (χ0) is 30.6. The van der Waals surface area contributed by atoms with Crippen LogP contribution in [0.2, 0.25) is 0 Å². The first-order valence-electron chi connectivity index (χ1n) is 15.9.